The molecular weight excluding hydrogens is 486 g/mol. The summed E-state index contributed by atoms with van der Waals surface area (Å²) in [6.45, 7) is 5.59. The number of nitrogens with zero attached hydrogens (tertiary/aromatic N) is 6. The molecule has 2 unspecified atom stereocenters. The number of nitrogens with one attached hydrogen (secondary N) is 1. The van der Waals surface area contributed by atoms with Crippen molar-refractivity contribution < 1.29 is 9.53 Å². The number of amides is 1. The minimum atomic E-state index is -0.531. The summed E-state index contributed by atoms with van der Waals surface area (Å²) in [4.78, 5) is 19.0. The van der Waals surface area contributed by atoms with Gasteiger partial charge in [0.2, 0.25) is 0 Å². The van der Waals surface area contributed by atoms with Gasteiger partial charge in [-0.2, -0.15) is 5.10 Å². The first kappa shape index (κ1) is 24.9. The summed E-state index contributed by atoms with van der Waals surface area (Å²) in [5.41, 5.74) is 4.94. The molecule has 37 heavy (non-hydrogen) atoms. The third-order valence-electron chi connectivity index (χ3n) is 6.31. The number of rotatable bonds is 5. The van der Waals surface area contributed by atoms with E-state index in [0.29, 0.717) is 0 Å². The van der Waals surface area contributed by atoms with E-state index in [-0.39, 0.29) is 12.1 Å². The summed E-state index contributed by atoms with van der Waals surface area (Å²) in [7, 11) is 2.03. The highest BCUT2D eigenvalue weighted by molar-refractivity contribution is 7.17. The van der Waals surface area contributed by atoms with Gasteiger partial charge in [-0.1, -0.05) is 12.2 Å². The number of hydrogen-bond donors (Lipinski definition) is 1. The standard InChI is InChI=1S/C27H31N7O2S/c1-27(2,3)36-26(35)30-18-8-5-6-9-19(16-18)33(4)23-13-11-21(31-32-23)20-10-12-22(34-15-7-14-29-34)24-25(20)37-17-28-24/h5,7-8,10-15,17-19H,6,9,16H2,1-4H3,(H,30,35). The summed E-state index contributed by atoms with van der Waals surface area (Å²) >= 11 is 1.58. The van der Waals surface area contributed by atoms with E-state index in [9.17, 15) is 4.79 Å². The van der Waals surface area contributed by atoms with E-state index in [2.05, 4.69) is 48.7 Å². The second-order valence-electron chi connectivity index (χ2n) is 10.1. The first-order valence-corrected chi connectivity index (χ1v) is 13.3. The number of thiazole rings is 1. The zero-order valence-electron chi connectivity index (χ0n) is 21.5. The Morgan fingerprint density at radius 3 is 2.81 bits per heavy atom. The first-order valence-electron chi connectivity index (χ1n) is 12.4. The number of allylic oxidation sites excluding steroid dienone is 1. The Bertz CT molecular complexity index is 1390. The van der Waals surface area contributed by atoms with Crippen molar-refractivity contribution in [3.05, 3.63) is 60.4 Å². The first-order chi connectivity index (χ1) is 17.8. The molecule has 4 aromatic rings. The molecule has 3 heterocycles. The fourth-order valence-corrected chi connectivity index (χ4v) is 5.37. The molecule has 192 valence electrons. The molecule has 0 saturated carbocycles. The molecule has 2 atom stereocenters. The van der Waals surface area contributed by atoms with Gasteiger partial charge in [0.05, 0.1) is 27.6 Å². The second-order valence-corrected chi connectivity index (χ2v) is 11.0. The Hall–Kier alpha value is -3.79. The number of hydrogen-bond acceptors (Lipinski definition) is 8. The van der Waals surface area contributed by atoms with Crippen LogP contribution in [-0.2, 0) is 4.74 Å². The number of carbonyl (C=O) groups excluding carboxylic acids is 1. The van der Waals surface area contributed by atoms with Gasteiger partial charge < -0.3 is 15.0 Å². The third kappa shape index (κ3) is 5.64. The molecule has 0 fully saturated rings. The highest BCUT2D eigenvalue weighted by atomic mass is 32.1. The Kier molecular flexibility index (Phi) is 6.92. The van der Waals surface area contributed by atoms with Crippen LogP contribution in [0.25, 0.3) is 27.2 Å². The Morgan fingerprint density at radius 1 is 1.22 bits per heavy atom. The van der Waals surface area contributed by atoms with Crippen molar-refractivity contribution in [2.45, 2.75) is 57.7 Å². The number of ether oxygens (including phenoxy) is 1. The van der Waals surface area contributed by atoms with Gasteiger partial charge >= 0.3 is 6.09 Å². The van der Waals surface area contributed by atoms with E-state index < -0.39 is 11.7 Å². The van der Waals surface area contributed by atoms with E-state index >= 15 is 0 Å². The average molecular weight is 518 g/mol. The number of carbonyl (C=O) groups is 1. The molecule has 0 radical (unpaired) electrons. The Labute approximate surface area is 220 Å². The lowest BCUT2D eigenvalue weighted by Crippen LogP contribution is -2.42. The molecule has 0 bridgehead atoms. The summed E-state index contributed by atoms with van der Waals surface area (Å²) in [5, 5.41) is 16.5. The third-order valence-corrected chi connectivity index (χ3v) is 7.17. The Balaban J connectivity index is 1.32. The van der Waals surface area contributed by atoms with Crippen molar-refractivity contribution in [2.24, 2.45) is 0 Å². The smallest absolute Gasteiger partial charge is 0.408 e. The van der Waals surface area contributed by atoms with Gasteiger partial charge in [-0.05, 0) is 70.4 Å². The normalized spacial score (nSPS) is 17.9. The number of aromatic nitrogens is 5. The maximum absolute atomic E-state index is 12.3. The Morgan fingerprint density at radius 2 is 2.08 bits per heavy atom. The molecule has 1 aliphatic rings. The van der Waals surface area contributed by atoms with E-state index in [4.69, 9.17) is 4.74 Å². The van der Waals surface area contributed by atoms with Crippen LogP contribution in [0.3, 0.4) is 0 Å². The number of fused-ring (bicyclic) bond motifs is 1. The van der Waals surface area contributed by atoms with Crippen LogP contribution >= 0.6 is 11.3 Å². The molecule has 0 saturated heterocycles. The van der Waals surface area contributed by atoms with Crippen molar-refractivity contribution >= 4 is 33.5 Å². The van der Waals surface area contributed by atoms with Crippen LogP contribution in [0, 0.1) is 0 Å². The van der Waals surface area contributed by atoms with Crippen LogP contribution in [0.4, 0.5) is 10.6 Å². The van der Waals surface area contributed by atoms with Gasteiger partial charge in [0, 0.05) is 31.0 Å². The molecule has 0 spiro atoms. The van der Waals surface area contributed by atoms with E-state index in [1.807, 2.05) is 68.5 Å². The number of alkyl carbamates (subject to hydrolysis) is 1. The predicted octanol–water partition coefficient (Wildman–Crippen LogP) is 5.38. The minimum Gasteiger partial charge on any atom is -0.444 e. The van der Waals surface area contributed by atoms with Crippen LogP contribution in [0.5, 0.6) is 0 Å². The second kappa shape index (κ2) is 10.3. The fourth-order valence-electron chi connectivity index (χ4n) is 4.53. The lowest BCUT2D eigenvalue weighted by Gasteiger charge is -2.30. The topological polar surface area (TPSA) is 98.1 Å². The molecule has 5 rings (SSSR count). The van der Waals surface area contributed by atoms with Crippen molar-refractivity contribution in [1.29, 1.82) is 0 Å². The van der Waals surface area contributed by atoms with Crippen LogP contribution in [0.15, 0.2) is 60.4 Å². The monoisotopic (exact) mass is 517 g/mol. The highest BCUT2D eigenvalue weighted by Gasteiger charge is 2.25. The zero-order valence-corrected chi connectivity index (χ0v) is 22.3. The van der Waals surface area contributed by atoms with Crippen molar-refractivity contribution in [1.82, 2.24) is 30.3 Å². The quantitative estimate of drug-likeness (QED) is 0.355. The summed E-state index contributed by atoms with van der Waals surface area (Å²) in [6.07, 6.45) is 10.1. The molecule has 3 aromatic heterocycles. The SMILES string of the molecule is CN(c1ccc(-c2ccc(-n3cccn3)c3ncsc23)nn1)C1CCC=CC(NC(=O)OC(C)(C)C)C1. The molecule has 1 amide bonds. The molecule has 0 aliphatic heterocycles. The van der Waals surface area contributed by atoms with Gasteiger partial charge in [-0.25, -0.2) is 14.5 Å². The van der Waals surface area contributed by atoms with Crippen molar-refractivity contribution in [2.75, 3.05) is 11.9 Å². The lowest BCUT2D eigenvalue weighted by molar-refractivity contribution is 0.0511. The van der Waals surface area contributed by atoms with Crippen LogP contribution in [-0.4, -0.2) is 55.8 Å². The molecular formula is C27H31N7O2S. The van der Waals surface area contributed by atoms with Crippen molar-refractivity contribution in [3.63, 3.8) is 0 Å². The van der Waals surface area contributed by atoms with Crippen LogP contribution in [0.2, 0.25) is 0 Å². The highest BCUT2D eigenvalue weighted by Crippen LogP contribution is 2.34. The van der Waals surface area contributed by atoms with E-state index in [1.54, 1.807) is 17.5 Å². The summed E-state index contributed by atoms with van der Waals surface area (Å²) in [6, 6.07) is 10.1. The molecule has 9 nitrogen and oxygen atoms in total. The number of benzene rings is 1. The lowest BCUT2D eigenvalue weighted by atomic mass is 10.0. The molecule has 1 aromatic carbocycles. The summed E-state index contributed by atoms with van der Waals surface area (Å²) in [5.74, 6) is 0.792. The molecule has 10 heteroatoms. The van der Waals surface area contributed by atoms with Gasteiger partial charge in [0.25, 0.3) is 0 Å². The van der Waals surface area contributed by atoms with Gasteiger partial charge in [-0.15, -0.1) is 21.5 Å². The number of anilines is 1. The van der Waals surface area contributed by atoms with E-state index in [0.717, 1.165) is 52.2 Å². The van der Waals surface area contributed by atoms with Crippen molar-refractivity contribution in [3.8, 4) is 16.9 Å². The van der Waals surface area contributed by atoms with Crippen LogP contribution < -0.4 is 10.2 Å². The molecule has 1 aliphatic carbocycles. The predicted molar refractivity (Wildman–Crippen MR) is 146 cm³/mol. The van der Waals surface area contributed by atoms with Gasteiger partial charge in [0.1, 0.15) is 11.1 Å². The minimum absolute atomic E-state index is 0.107. The zero-order chi connectivity index (χ0) is 26.0. The van der Waals surface area contributed by atoms with Gasteiger partial charge in [0.15, 0.2) is 5.82 Å². The van der Waals surface area contributed by atoms with E-state index in [1.165, 1.54) is 0 Å². The maximum atomic E-state index is 12.3. The summed E-state index contributed by atoms with van der Waals surface area (Å²) < 4.78 is 8.31. The average Bonchev–Trinajstić information content (AvgIpc) is 3.52. The molecule has 1 N–H and O–H groups in total. The maximum Gasteiger partial charge on any atom is 0.408 e. The largest absolute Gasteiger partial charge is 0.444 e. The fraction of sp³-hybridized carbons (Fsp3) is 0.370. The van der Waals surface area contributed by atoms with Crippen LogP contribution in [0.1, 0.15) is 40.0 Å². The van der Waals surface area contributed by atoms with Gasteiger partial charge in [-0.3, -0.25) is 0 Å².